The number of imide groups is 1. The van der Waals surface area contributed by atoms with Crippen molar-refractivity contribution in [3.8, 4) is 0 Å². The maximum Gasteiger partial charge on any atom is 0.235 e. The van der Waals surface area contributed by atoms with Crippen molar-refractivity contribution in [2.75, 3.05) is 11.9 Å². The molecule has 3 aliphatic carbocycles. The Hall–Kier alpha value is -2.57. The van der Waals surface area contributed by atoms with Crippen LogP contribution in [0.4, 0.5) is 5.69 Å². The van der Waals surface area contributed by atoms with E-state index >= 15 is 0 Å². The SMILES string of the molecule is O=C(CCCCCN1C(=O)[C@@H]2[C@H](C1=O)C1(Cl)c3ccccc3C2(Cl)c2ccccc21)Nc1ccc(Cl)cc1Cl. The summed E-state index contributed by atoms with van der Waals surface area (Å²) in [4.78, 5) is 39.0. The minimum Gasteiger partial charge on any atom is -0.325 e. The molecule has 0 unspecified atom stereocenters. The van der Waals surface area contributed by atoms with Gasteiger partial charge in [-0.15, -0.1) is 23.2 Å². The van der Waals surface area contributed by atoms with Gasteiger partial charge in [0.2, 0.25) is 17.7 Å². The lowest BCUT2D eigenvalue weighted by Gasteiger charge is -2.54. The number of amides is 3. The standard InChI is InChI=1S/C30H24Cl4N2O3/c31-17-13-14-23(22(32)16-17)35-24(37)12-2-1-7-15-36-27(38)25-26(28(36)39)30(34)19-9-4-3-8-18(19)29(25,33)20-10-5-6-11-21(20)30/h3-6,8-11,13-14,16,25-26H,1-2,7,12,15H2,(H,35,37)/t25-,26+,29?,30?. The van der Waals surface area contributed by atoms with Gasteiger partial charge >= 0.3 is 0 Å². The first-order valence-electron chi connectivity index (χ1n) is 12.9. The van der Waals surface area contributed by atoms with Crippen LogP contribution in [-0.2, 0) is 24.1 Å². The van der Waals surface area contributed by atoms with E-state index < -0.39 is 21.6 Å². The zero-order valence-electron chi connectivity index (χ0n) is 20.7. The van der Waals surface area contributed by atoms with Crippen molar-refractivity contribution in [3.05, 3.63) is 99.0 Å². The number of rotatable bonds is 7. The molecule has 3 aromatic carbocycles. The number of carbonyl (C=O) groups is 3. The van der Waals surface area contributed by atoms with Crippen molar-refractivity contribution in [1.29, 1.82) is 0 Å². The van der Waals surface area contributed by atoms with Gasteiger partial charge in [-0.1, -0.05) is 78.2 Å². The maximum absolute atomic E-state index is 13.8. The Bertz CT molecular complexity index is 1400. The molecule has 1 saturated heterocycles. The van der Waals surface area contributed by atoms with Gasteiger partial charge in [0, 0.05) is 18.0 Å². The number of likely N-dealkylation sites (tertiary alicyclic amines) is 1. The zero-order valence-corrected chi connectivity index (χ0v) is 23.7. The molecule has 2 atom stereocenters. The highest BCUT2D eigenvalue weighted by molar-refractivity contribution is 6.37. The van der Waals surface area contributed by atoms with Gasteiger partial charge in [-0.05, 0) is 53.3 Å². The highest BCUT2D eigenvalue weighted by atomic mass is 35.5. The fourth-order valence-corrected chi connectivity index (χ4v) is 8.03. The van der Waals surface area contributed by atoms with Gasteiger partial charge in [0.1, 0.15) is 9.75 Å². The molecule has 3 amide bonds. The highest BCUT2D eigenvalue weighted by Crippen LogP contribution is 2.69. The van der Waals surface area contributed by atoms with Crippen molar-refractivity contribution in [1.82, 2.24) is 4.90 Å². The first-order valence-corrected chi connectivity index (χ1v) is 14.4. The molecule has 5 nitrogen and oxygen atoms in total. The molecule has 0 radical (unpaired) electrons. The zero-order chi connectivity index (χ0) is 27.5. The number of nitrogens with zero attached hydrogens (tertiary/aromatic N) is 1. The van der Waals surface area contributed by atoms with Gasteiger partial charge < -0.3 is 5.32 Å². The lowest BCUT2D eigenvalue weighted by atomic mass is 9.54. The molecule has 1 N–H and O–H groups in total. The van der Waals surface area contributed by atoms with Gasteiger partial charge in [-0.3, -0.25) is 19.3 Å². The summed E-state index contributed by atoms with van der Waals surface area (Å²) in [6, 6.07) is 20.1. The Labute approximate surface area is 246 Å². The van der Waals surface area contributed by atoms with Crippen LogP contribution in [0.3, 0.4) is 0 Å². The second-order valence-electron chi connectivity index (χ2n) is 10.3. The molecular weight excluding hydrogens is 578 g/mol. The van der Waals surface area contributed by atoms with Crippen LogP contribution < -0.4 is 5.32 Å². The minimum atomic E-state index is -1.17. The normalized spacial score (nSPS) is 26.3. The summed E-state index contributed by atoms with van der Waals surface area (Å²) in [5.41, 5.74) is 3.66. The summed E-state index contributed by atoms with van der Waals surface area (Å²) in [5, 5.41) is 3.64. The smallest absolute Gasteiger partial charge is 0.235 e. The summed E-state index contributed by atoms with van der Waals surface area (Å²) in [6.45, 7) is 0.252. The van der Waals surface area contributed by atoms with Gasteiger partial charge in [0.25, 0.3) is 0 Å². The summed E-state index contributed by atoms with van der Waals surface area (Å²) < 4.78 is 0. The Morgan fingerprint density at radius 1 is 0.769 bits per heavy atom. The summed E-state index contributed by atoms with van der Waals surface area (Å²) >= 11 is 26.9. The predicted octanol–water partition coefficient (Wildman–Crippen LogP) is 7.09. The molecule has 1 fully saturated rings. The van der Waals surface area contributed by atoms with Gasteiger partial charge in [0.05, 0.1) is 22.5 Å². The van der Waals surface area contributed by atoms with E-state index in [-0.39, 0.29) is 30.7 Å². The third-order valence-corrected chi connectivity index (χ3v) is 10.00. The van der Waals surface area contributed by atoms with Crippen LogP contribution in [0.15, 0.2) is 66.7 Å². The van der Waals surface area contributed by atoms with Crippen molar-refractivity contribution >= 4 is 69.8 Å². The van der Waals surface area contributed by atoms with E-state index in [1.165, 1.54) is 4.90 Å². The second-order valence-corrected chi connectivity index (χ2v) is 12.3. The lowest BCUT2D eigenvalue weighted by Crippen LogP contribution is -2.57. The fraction of sp³-hybridized carbons (Fsp3) is 0.300. The number of alkyl halides is 2. The van der Waals surface area contributed by atoms with Crippen molar-refractivity contribution in [2.24, 2.45) is 11.8 Å². The van der Waals surface area contributed by atoms with E-state index in [0.717, 1.165) is 22.3 Å². The van der Waals surface area contributed by atoms with Crippen LogP contribution in [0.5, 0.6) is 0 Å². The summed E-state index contributed by atoms with van der Waals surface area (Å²) in [5.74, 6) is -2.32. The first kappa shape index (κ1) is 26.6. The van der Waals surface area contributed by atoms with Crippen LogP contribution in [0.1, 0.15) is 47.9 Å². The molecule has 200 valence electrons. The van der Waals surface area contributed by atoms with E-state index in [9.17, 15) is 14.4 Å². The van der Waals surface area contributed by atoms with Crippen LogP contribution in [0.25, 0.3) is 0 Å². The monoisotopic (exact) mass is 600 g/mol. The number of unbranched alkanes of at least 4 members (excludes halogenated alkanes) is 2. The third kappa shape index (κ3) is 3.93. The molecule has 0 saturated carbocycles. The molecule has 4 aliphatic rings. The Balaban J connectivity index is 1.15. The average Bonchev–Trinajstić information content (AvgIpc) is 3.19. The Morgan fingerprint density at radius 3 is 1.77 bits per heavy atom. The van der Waals surface area contributed by atoms with E-state index in [1.807, 2.05) is 48.5 Å². The number of hydrogen-bond donors (Lipinski definition) is 1. The van der Waals surface area contributed by atoms with Crippen molar-refractivity contribution < 1.29 is 14.4 Å². The number of nitrogens with one attached hydrogen (secondary N) is 1. The Morgan fingerprint density at radius 2 is 1.28 bits per heavy atom. The Kier molecular flexibility index (Phi) is 6.70. The minimum absolute atomic E-state index is 0.168. The molecule has 1 aliphatic heterocycles. The number of anilines is 1. The average molecular weight is 602 g/mol. The molecule has 3 aromatic rings. The number of halogens is 4. The molecule has 9 heteroatoms. The van der Waals surface area contributed by atoms with E-state index in [1.54, 1.807) is 18.2 Å². The van der Waals surface area contributed by atoms with E-state index in [2.05, 4.69) is 5.32 Å². The topological polar surface area (TPSA) is 66.5 Å². The molecule has 39 heavy (non-hydrogen) atoms. The molecule has 0 spiro atoms. The van der Waals surface area contributed by atoms with Crippen LogP contribution in [-0.4, -0.2) is 29.2 Å². The largest absolute Gasteiger partial charge is 0.325 e. The maximum atomic E-state index is 13.8. The summed E-state index contributed by atoms with van der Waals surface area (Å²) in [6.07, 6.45) is 2.10. The van der Waals surface area contributed by atoms with Crippen molar-refractivity contribution in [2.45, 2.75) is 35.4 Å². The molecule has 0 aromatic heterocycles. The molecule has 1 heterocycles. The number of hydrogen-bond acceptors (Lipinski definition) is 3. The van der Waals surface area contributed by atoms with E-state index in [4.69, 9.17) is 46.4 Å². The van der Waals surface area contributed by atoms with Gasteiger partial charge in [0.15, 0.2) is 0 Å². The summed E-state index contributed by atoms with van der Waals surface area (Å²) in [7, 11) is 0. The molecule has 7 rings (SSSR count). The van der Waals surface area contributed by atoms with Crippen molar-refractivity contribution in [3.63, 3.8) is 0 Å². The second kappa shape index (κ2) is 9.81. The van der Waals surface area contributed by atoms with Gasteiger partial charge in [-0.2, -0.15) is 0 Å². The number of carbonyl (C=O) groups excluding carboxylic acids is 3. The molecular formula is C30H24Cl4N2O3. The van der Waals surface area contributed by atoms with E-state index in [0.29, 0.717) is 35.0 Å². The third-order valence-electron chi connectivity index (χ3n) is 8.17. The van der Waals surface area contributed by atoms with Crippen LogP contribution in [0.2, 0.25) is 10.0 Å². The van der Waals surface area contributed by atoms with Crippen LogP contribution in [0, 0.1) is 11.8 Å². The van der Waals surface area contributed by atoms with Crippen LogP contribution >= 0.6 is 46.4 Å². The quantitative estimate of drug-likeness (QED) is 0.179. The fourth-order valence-electron chi connectivity index (χ4n) is 6.48. The number of benzene rings is 3. The highest BCUT2D eigenvalue weighted by Gasteiger charge is 2.72. The van der Waals surface area contributed by atoms with Gasteiger partial charge in [-0.25, -0.2) is 0 Å². The molecule has 2 bridgehead atoms. The first-order chi connectivity index (χ1) is 18.7. The lowest BCUT2D eigenvalue weighted by molar-refractivity contribution is -0.140. The predicted molar refractivity (Wildman–Crippen MR) is 153 cm³/mol.